The van der Waals surface area contributed by atoms with Gasteiger partial charge < -0.3 is 5.32 Å². The van der Waals surface area contributed by atoms with E-state index in [1.54, 1.807) is 0 Å². The highest BCUT2D eigenvalue weighted by atomic mass is 16.2. The molecule has 0 aliphatic carbocycles. The molecule has 2 aliphatic heterocycles. The summed E-state index contributed by atoms with van der Waals surface area (Å²) in [6.45, 7) is 6.00. The van der Waals surface area contributed by atoms with Crippen molar-refractivity contribution in [3.05, 3.63) is 34.9 Å². The highest BCUT2D eigenvalue weighted by Crippen LogP contribution is 2.27. The van der Waals surface area contributed by atoms with Crippen LogP contribution < -0.4 is 5.32 Å². The van der Waals surface area contributed by atoms with Crippen LogP contribution in [-0.2, 0) is 4.79 Å². The van der Waals surface area contributed by atoms with Gasteiger partial charge in [0, 0.05) is 18.2 Å². The Morgan fingerprint density at radius 2 is 2.19 bits per heavy atom. The third kappa shape index (κ3) is 2.72. The smallest absolute Gasteiger partial charge is 0.224 e. The van der Waals surface area contributed by atoms with Crippen LogP contribution in [-0.4, -0.2) is 42.3 Å². The molecule has 1 aromatic rings. The van der Waals surface area contributed by atoms with E-state index in [9.17, 15) is 9.59 Å². The fourth-order valence-electron chi connectivity index (χ4n) is 3.54. The van der Waals surface area contributed by atoms with Crippen molar-refractivity contribution >= 4 is 11.7 Å². The molecule has 0 aromatic heterocycles. The SMILES string of the molecule is Cc1ccc(C)c(C(=O)CN2CCCC3C(=O)NCC32)c1. The number of amides is 1. The number of nitrogens with zero attached hydrogens (tertiary/aromatic N) is 1. The fraction of sp³-hybridized carbons (Fsp3) is 0.529. The number of hydrogen-bond acceptors (Lipinski definition) is 3. The number of likely N-dealkylation sites (tertiary alicyclic amines) is 1. The molecule has 3 rings (SSSR count). The number of aryl methyl sites for hydroxylation is 2. The van der Waals surface area contributed by atoms with E-state index in [1.807, 2.05) is 32.0 Å². The van der Waals surface area contributed by atoms with Gasteiger partial charge in [0.1, 0.15) is 0 Å². The largest absolute Gasteiger partial charge is 0.354 e. The standard InChI is InChI=1S/C17H22N2O2/c1-11-5-6-12(2)14(8-11)16(20)10-19-7-3-4-13-15(19)9-18-17(13)21/h5-6,8,13,15H,3-4,7,9-10H2,1-2H3,(H,18,21). The second-order valence-corrected chi connectivity index (χ2v) is 6.27. The van der Waals surface area contributed by atoms with Crippen LogP contribution in [0.1, 0.15) is 34.3 Å². The normalized spacial score (nSPS) is 25.5. The summed E-state index contributed by atoms with van der Waals surface area (Å²) in [4.78, 5) is 26.6. The summed E-state index contributed by atoms with van der Waals surface area (Å²) in [6.07, 6.45) is 1.94. The summed E-state index contributed by atoms with van der Waals surface area (Å²) in [7, 11) is 0. The lowest BCUT2D eigenvalue weighted by molar-refractivity contribution is -0.124. The van der Waals surface area contributed by atoms with Gasteiger partial charge in [-0.3, -0.25) is 14.5 Å². The Kier molecular flexibility index (Phi) is 3.81. The molecule has 4 heteroatoms. The van der Waals surface area contributed by atoms with Crippen molar-refractivity contribution in [2.24, 2.45) is 5.92 Å². The number of nitrogens with one attached hydrogen (secondary N) is 1. The van der Waals surface area contributed by atoms with Gasteiger partial charge in [-0.25, -0.2) is 0 Å². The van der Waals surface area contributed by atoms with E-state index in [0.29, 0.717) is 13.1 Å². The Bertz CT molecular complexity index is 582. The first kappa shape index (κ1) is 14.3. The third-order valence-electron chi connectivity index (χ3n) is 4.76. The highest BCUT2D eigenvalue weighted by molar-refractivity contribution is 5.99. The molecule has 2 fully saturated rings. The fourth-order valence-corrected chi connectivity index (χ4v) is 3.54. The van der Waals surface area contributed by atoms with E-state index >= 15 is 0 Å². The molecule has 4 nitrogen and oxygen atoms in total. The van der Waals surface area contributed by atoms with Crippen molar-refractivity contribution in [3.63, 3.8) is 0 Å². The third-order valence-corrected chi connectivity index (χ3v) is 4.76. The molecule has 2 atom stereocenters. The quantitative estimate of drug-likeness (QED) is 0.860. The first-order valence-electron chi connectivity index (χ1n) is 7.68. The Balaban J connectivity index is 1.75. The molecule has 21 heavy (non-hydrogen) atoms. The minimum Gasteiger partial charge on any atom is -0.354 e. The number of Topliss-reactive ketones (excluding diaryl/α,β-unsaturated/α-hetero) is 1. The van der Waals surface area contributed by atoms with Crippen molar-refractivity contribution in [1.29, 1.82) is 0 Å². The van der Waals surface area contributed by atoms with Crippen LogP contribution in [0.2, 0.25) is 0 Å². The average molecular weight is 286 g/mol. The number of ketones is 1. The van der Waals surface area contributed by atoms with Gasteiger partial charge in [0.2, 0.25) is 5.91 Å². The van der Waals surface area contributed by atoms with Crippen LogP contribution in [0.3, 0.4) is 0 Å². The molecule has 0 bridgehead atoms. The van der Waals surface area contributed by atoms with E-state index < -0.39 is 0 Å². The molecule has 0 spiro atoms. The number of rotatable bonds is 3. The maximum Gasteiger partial charge on any atom is 0.224 e. The minimum absolute atomic E-state index is 0.0742. The highest BCUT2D eigenvalue weighted by Gasteiger charge is 2.41. The van der Waals surface area contributed by atoms with Crippen LogP contribution in [0.5, 0.6) is 0 Å². The Hall–Kier alpha value is -1.68. The lowest BCUT2D eigenvalue weighted by Crippen LogP contribution is -2.47. The predicted molar refractivity (Wildman–Crippen MR) is 81.3 cm³/mol. The first-order chi connectivity index (χ1) is 10.1. The zero-order chi connectivity index (χ0) is 15.0. The van der Waals surface area contributed by atoms with Crippen molar-refractivity contribution in [1.82, 2.24) is 10.2 Å². The lowest BCUT2D eigenvalue weighted by Gasteiger charge is -2.35. The molecule has 2 saturated heterocycles. The molecule has 0 saturated carbocycles. The van der Waals surface area contributed by atoms with Crippen LogP contribution in [0.15, 0.2) is 18.2 Å². The van der Waals surface area contributed by atoms with E-state index in [2.05, 4.69) is 10.2 Å². The van der Waals surface area contributed by atoms with Crippen molar-refractivity contribution < 1.29 is 9.59 Å². The number of carbonyl (C=O) groups excluding carboxylic acids is 2. The molecule has 1 amide bonds. The summed E-state index contributed by atoms with van der Waals surface area (Å²) in [6, 6.07) is 6.20. The molecular weight excluding hydrogens is 264 g/mol. The monoisotopic (exact) mass is 286 g/mol. The Morgan fingerprint density at radius 1 is 1.38 bits per heavy atom. The van der Waals surface area contributed by atoms with Crippen LogP contribution >= 0.6 is 0 Å². The number of piperidine rings is 1. The molecule has 112 valence electrons. The van der Waals surface area contributed by atoms with Crippen LogP contribution in [0.25, 0.3) is 0 Å². The number of hydrogen-bond donors (Lipinski definition) is 1. The summed E-state index contributed by atoms with van der Waals surface area (Å²) in [5.41, 5.74) is 2.95. The van der Waals surface area contributed by atoms with Gasteiger partial charge >= 0.3 is 0 Å². The van der Waals surface area contributed by atoms with Gasteiger partial charge in [-0.15, -0.1) is 0 Å². The molecule has 2 unspecified atom stereocenters. The van der Waals surface area contributed by atoms with Crippen molar-refractivity contribution in [3.8, 4) is 0 Å². The maximum atomic E-state index is 12.6. The second-order valence-electron chi connectivity index (χ2n) is 6.27. The number of benzene rings is 1. The Morgan fingerprint density at radius 3 is 3.00 bits per heavy atom. The van der Waals surface area contributed by atoms with E-state index in [0.717, 1.165) is 36.1 Å². The Labute approximate surface area is 125 Å². The predicted octanol–water partition coefficient (Wildman–Crippen LogP) is 1.70. The summed E-state index contributed by atoms with van der Waals surface area (Å²) in [5, 5.41) is 2.93. The molecular formula is C17H22N2O2. The van der Waals surface area contributed by atoms with Crippen LogP contribution in [0.4, 0.5) is 0 Å². The molecule has 0 radical (unpaired) electrons. The number of carbonyl (C=O) groups is 2. The van der Waals surface area contributed by atoms with Crippen molar-refractivity contribution in [2.45, 2.75) is 32.7 Å². The summed E-state index contributed by atoms with van der Waals surface area (Å²) >= 11 is 0. The van der Waals surface area contributed by atoms with E-state index in [1.165, 1.54) is 0 Å². The summed E-state index contributed by atoms with van der Waals surface area (Å²) in [5.74, 6) is 0.394. The molecule has 1 aromatic carbocycles. The topological polar surface area (TPSA) is 49.4 Å². The van der Waals surface area contributed by atoms with E-state index in [-0.39, 0.29) is 23.7 Å². The molecule has 2 aliphatic rings. The van der Waals surface area contributed by atoms with Gasteiger partial charge in [-0.05, 0) is 44.9 Å². The molecule has 2 heterocycles. The second kappa shape index (κ2) is 5.60. The maximum absolute atomic E-state index is 12.6. The van der Waals surface area contributed by atoms with Gasteiger partial charge in [0.05, 0.1) is 12.5 Å². The lowest BCUT2D eigenvalue weighted by atomic mass is 9.91. The van der Waals surface area contributed by atoms with Crippen LogP contribution in [0, 0.1) is 19.8 Å². The zero-order valence-electron chi connectivity index (χ0n) is 12.7. The van der Waals surface area contributed by atoms with Gasteiger partial charge in [-0.1, -0.05) is 17.7 Å². The number of fused-ring (bicyclic) bond motifs is 1. The van der Waals surface area contributed by atoms with Gasteiger partial charge in [0.15, 0.2) is 5.78 Å². The molecule has 1 N–H and O–H groups in total. The van der Waals surface area contributed by atoms with Gasteiger partial charge in [0.25, 0.3) is 0 Å². The van der Waals surface area contributed by atoms with Gasteiger partial charge in [-0.2, -0.15) is 0 Å². The average Bonchev–Trinajstić information content (AvgIpc) is 2.84. The zero-order valence-corrected chi connectivity index (χ0v) is 12.7. The summed E-state index contributed by atoms with van der Waals surface area (Å²) < 4.78 is 0. The van der Waals surface area contributed by atoms with Crippen molar-refractivity contribution in [2.75, 3.05) is 19.6 Å². The minimum atomic E-state index is 0.0742. The van der Waals surface area contributed by atoms with E-state index in [4.69, 9.17) is 0 Å². The first-order valence-corrected chi connectivity index (χ1v) is 7.68.